The van der Waals surface area contributed by atoms with Crippen LogP contribution in [0.25, 0.3) is 0 Å². The van der Waals surface area contributed by atoms with Crippen molar-refractivity contribution in [2.45, 2.75) is 6.04 Å². The van der Waals surface area contributed by atoms with Crippen LogP contribution >= 0.6 is 45.9 Å². The zero-order chi connectivity index (χ0) is 11.7. The molecule has 1 unspecified atom stereocenters. The lowest BCUT2D eigenvalue weighted by Crippen LogP contribution is -2.10. The highest BCUT2D eigenvalue weighted by Crippen LogP contribution is 2.40. The number of nitrogens with two attached hydrogens (primary N) is 1. The topological polar surface area (TPSA) is 35.2 Å². The fourth-order valence-electron chi connectivity index (χ4n) is 1.41. The Labute approximate surface area is 112 Å². The third-order valence-corrected chi connectivity index (χ3v) is 4.68. The lowest BCUT2D eigenvalue weighted by atomic mass is 10.1. The van der Waals surface area contributed by atoms with Crippen molar-refractivity contribution in [2.75, 3.05) is 7.11 Å². The molecule has 0 aliphatic carbocycles. The summed E-state index contributed by atoms with van der Waals surface area (Å²) in [7, 11) is 1.63. The molecule has 0 aliphatic rings. The van der Waals surface area contributed by atoms with E-state index in [0.717, 1.165) is 16.2 Å². The summed E-state index contributed by atoms with van der Waals surface area (Å²) >= 11 is 14.8. The maximum Gasteiger partial charge on any atom is 0.134 e. The van der Waals surface area contributed by atoms with Crippen molar-refractivity contribution in [1.82, 2.24) is 0 Å². The van der Waals surface area contributed by atoms with E-state index in [0.29, 0.717) is 8.67 Å². The zero-order valence-corrected chi connectivity index (χ0v) is 11.5. The highest BCUT2D eigenvalue weighted by molar-refractivity contribution is 7.20. The molecule has 0 saturated carbocycles. The van der Waals surface area contributed by atoms with Gasteiger partial charge in [-0.2, -0.15) is 0 Å². The molecule has 0 fully saturated rings. The number of hydrogen-bond donors (Lipinski definition) is 1. The van der Waals surface area contributed by atoms with E-state index in [1.807, 2.05) is 11.4 Å². The molecule has 6 heteroatoms. The lowest BCUT2D eigenvalue weighted by molar-refractivity contribution is 0.411. The minimum atomic E-state index is -0.286. The highest BCUT2D eigenvalue weighted by atomic mass is 35.5. The van der Waals surface area contributed by atoms with Gasteiger partial charge in [-0.1, -0.05) is 23.2 Å². The fraction of sp³-hybridized carbons (Fsp3) is 0.200. The number of ether oxygens (including phenoxy) is 1. The SMILES string of the molecule is COc1ccsc1C(N)c1cc(Cl)sc1Cl. The normalized spacial score (nSPS) is 12.8. The van der Waals surface area contributed by atoms with E-state index in [9.17, 15) is 0 Å². The van der Waals surface area contributed by atoms with E-state index < -0.39 is 0 Å². The molecule has 0 bridgehead atoms. The number of thiophene rings is 2. The molecule has 0 aliphatic heterocycles. The first-order chi connectivity index (χ1) is 7.63. The van der Waals surface area contributed by atoms with E-state index >= 15 is 0 Å². The van der Waals surface area contributed by atoms with Crippen LogP contribution in [0, 0.1) is 0 Å². The molecular formula is C10H9Cl2NOS2. The van der Waals surface area contributed by atoms with Crippen LogP contribution in [0.3, 0.4) is 0 Å². The maximum atomic E-state index is 6.15. The third kappa shape index (κ3) is 2.21. The average molecular weight is 294 g/mol. The molecule has 2 aromatic rings. The van der Waals surface area contributed by atoms with Crippen LogP contribution in [-0.4, -0.2) is 7.11 Å². The lowest BCUT2D eigenvalue weighted by Gasteiger charge is -2.10. The van der Waals surface area contributed by atoms with Crippen LogP contribution in [0.2, 0.25) is 8.67 Å². The second-order valence-electron chi connectivity index (χ2n) is 3.11. The quantitative estimate of drug-likeness (QED) is 0.922. The van der Waals surface area contributed by atoms with Crippen molar-refractivity contribution >= 4 is 45.9 Å². The van der Waals surface area contributed by atoms with Gasteiger partial charge in [0.05, 0.1) is 26.7 Å². The summed E-state index contributed by atoms with van der Waals surface area (Å²) in [5, 5.41) is 1.94. The Morgan fingerprint density at radius 2 is 2.19 bits per heavy atom. The Morgan fingerprint density at radius 3 is 2.75 bits per heavy atom. The molecule has 2 heterocycles. The molecule has 2 rings (SSSR count). The van der Waals surface area contributed by atoms with Crippen LogP contribution in [0.15, 0.2) is 17.5 Å². The standard InChI is InChI=1S/C10H9Cl2NOS2/c1-14-6-2-3-15-9(6)8(13)5-4-7(11)16-10(5)12/h2-4,8H,13H2,1H3. The molecule has 16 heavy (non-hydrogen) atoms. The van der Waals surface area contributed by atoms with E-state index in [4.69, 9.17) is 33.7 Å². The second kappa shape index (κ2) is 4.94. The van der Waals surface area contributed by atoms with Gasteiger partial charge in [-0.3, -0.25) is 0 Å². The molecule has 0 radical (unpaired) electrons. The maximum absolute atomic E-state index is 6.15. The molecule has 1 atom stereocenters. The molecule has 0 saturated heterocycles. The molecule has 0 amide bonds. The predicted molar refractivity (Wildman–Crippen MR) is 71.2 cm³/mol. The Hall–Kier alpha value is -0.260. The minimum absolute atomic E-state index is 0.286. The summed E-state index contributed by atoms with van der Waals surface area (Å²) in [5.41, 5.74) is 6.99. The van der Waals surface area contributed by atoms with Gasteiger partial charge in [0, 0.05) is 5.56 Å². The number of methoxy groups -OCH3 is 1. The minimum Gasteiger partial charge on any atom is -0.496 e. The Morgan fingerprint density at radius 1 is 1.44 bits per heavy atom. The van der Waals surface area contributed by atoms with E-state index in [2.05, 4.69) is 0 Å². The van der Waals surface area contributed by atoms with Gasteiger partial charge in [-0.25, -0.2) is 0 Å². The highest BCUT2D eigenvalue weighted by Gasteiger charge is 2.20. The first kappa shape index (κ1) is 12.2. The van der Waals surface area contributed by atoms with Gasteiger partial charge in [0.15, 0.2) is 0 Å². The summed E-state index contributed by atoms with van der Waals surface area (Å²) in [4.78, 5) is 0.957. The molecule has 2 N–H and O–H groups in total. The summed E-state index contributed by atoms with van der Waals surface area (Å²) in [6, 6.07) is 3.41. The molecule has 2 aromatic heterocycles. The molecule has 2 nitrogen and oxygen atoms in total. The molecule has 86 valence electrons. The van der Waals surface area contributed by atoms with Crippen LogP contribution in [0.5, 0.6) is 5.75 Å². The van der Waals surface area contributed by atoms with Crippen molar-refractivity contribution in [3.05, 3.63) is 36.6 Å². The largest absolute Gasteiger partial charge is 0.496 e. The van der Waals surface area contributed by atoms with Crippen molar-refractivity contribution in [1.29, 1.82) is 0 Å². The van der Waals surface area contributed by atoms with Crippen molar-refractivity contribution in [2.24, 2.45) is 5.73 Å². The third-order valence-electron chi connectivity index (χ3n) is 2.18. The first-order valence-electron chi connectivity index (χ1n) is 4.45. The summed E-state index contributed by atoms with van der Waals surface area (Å²) in [5.74, 6) is 0.788. The van der Waals surface area contributed by atoms with Crippen molar-refractivity contribution < 1.29 is 4.74 Å². The first-order valence-corrected chi connectivity index (χ1v) is 6.90. The van der Waals surface area contributed by atoms with Gasteiger partial charge in [-0.05, 0) is 17.5 Å². The smallest absolute Gasteiger partial charge is 0.134 e. The number of rotatable bonds is 3. The van der Waals surface area contributed by atoms with E-state index in [1.165, 1.54) is 11.3 Å². The van der Waals surface area contributed by atoms with Crippen LogP contribution in [0.4, 0.5) is 0 Å². The Bertz CT molecular complexity index is 495. The van der Waals surface area contributed by atoms with Gasteiger partial charge >= 0.3 is 0 Å². The number of halogens is 2. The summed E-state index contributed by atoms with van der Waals surface area (Å²) < 4.78 is 6.51. The molecular weight excluding hydrogens is 285 g/mol. The van der Waals surface area contributed by atoms with Gasteiger partial charge in [0.25, 0.3) is 0 Å². The van der Waals surface area contributed by atoms with Gasteiger partial charge in [-0.15, -0.1) is 22.7 Å². The fourth-order valence-corrected chi connectivity index (χ4v) is 3.84. The monoisotopic (exact) mass is 293 g/mol. The van der Waals surface area contributed by atoms with Gasteiger partial charge in [0.1, 0.15) is 5.75 Å². The van der Waals surface area contributed by atoms with Crippen LogP contribution in [0.1, 0.15) is 16.5 Å². The van der Waals surface area contributed by atoms with Gasteiger partial charge < -0.3 is 10.5 Å². The Balaban J connectivity index is 2.38. The van der Waals surface area contributed by atoms with Crippen molar-refractivity contribution in [3.63, 3.8) is 0 Å². The van der Waals surface area contributed by atoms with Crippen LogP contribution in [-0.2, 0) is 0 Å². The predicted octanol–water partition coefficient (Wildman–Crippen LogP) is 4.17. The number of hydrogen-bond acceptors (Lipinski definition) is 4. The molecule has 0 aromatic carbocycles. The molecule has 0 spiro atoms. The van der Waals surface area contributed by atoms with Crippen molar-refractivity contribution in [3.8, 4) is 5.75 Å². The zero-order valence-electron chi connectivity index (χ0n) is 8.37. The Kier molecular flexibility index (Phi) is 3.77. The van der Waals surface area contributed by atoms with E-state index in [1.54, 1.807) is 24.5 Å². The average Bonchev–Trinajstić information content (AvgIpc) is 2.83. The van der Waals surface area contributed by atoms with Gasteiger partial charge in [0.2, 0.25) is 0 Å². The second-order valence-corrected chi connectivity index (χ2v) is 6.34. The summed E-state index contributed by atoms with van der Waals surface area (Å²) in [6.07, 6.45) is 0. The summed E-state index contributed by atoms with van der Waals surface area (Å²) in [6.45, 7) is 0. The van der Waals surface area contributed by atoms with E-state index in [-0.39, 0.29) is 6.04 Å². The van der Waals surface area contributed by atoms with Crippen LogP contribution < -0.4 is 10.5 Å².